The molecule has 0 bridgehead atoms. The molecule has 0 radical (unpaired) electrons. The summed E-state index contributed by atoms with van der Waals surface area (Å²) in [7, 11) is 0. The Labute approximate surface area is 151 Å². The van der Waals surface area contributed by atoms with Crippen molar-refractivity contribution in [3.05, 3.63) is 53.1 Å². The molecule has 26 heavy (non-hydrogen) atoms. The summed E-state index contributed by atoms with van der Waals surface area (Å²) in [5, 5.41) is 13.2. The van der Waals surface area contributed by atoms with Crippen molar-refractivity contribution in [1.29, 1.82) is 0 Å². The molecular weight excluding hydrogens is 337 g/mol. The lowest BCUT2D eigenvalue weighted by molar-refractivity contribution is -0.138. The van der Waals surface area contributed by atoms with Gasteiger partial charge in [-0.1, -0.05) is 6.07 Å². The van der Waals surface area contributed by atoms with E-state index in [9.17, 15) is 14.0 Å². The standard InChI is InChI=1S/C19H22FN3O3/c1-13-9-16(20)5-4-14(13)10-18(24)22-7-2-3-15(11-22)17-6-8-23(21-17)12-19(25)26/h4-6,8-9,15H,2-3,7,10-12H2,1H3,(H,25,26)/t15-/m1/s1. The summed E-state index contributed by atoms with van der Waals surface area (Å²) in [6.07, 6.45) is 3.71. The fourth-order valence-corrected chi connectivity index (χ4v) is 3.40. The molecule has 0 saturated carbocycles. The Balaban J connectivity index is 1.65. The lowest BCUT2D eigenvalue weighted by Gasteiger charge is -2.32. The summed E-state index contributed by atoms with van der Waals surface area (Å²) >= 11 is 0. The number of rotatable bonds is 5. The van der Waals surface area contributed by atoms with Crippen molar-refractivity contribution >= 4 is 11.9 Å². The van der Waals surface area contributed by atoms with Gasteiger partial charge in [0.25, 0.3) is 0 Å². The molecule has 0 spiro atoms. The van der Waals surface area contributed by atoms with Crippen LogP contribution in [0.4, 0.5) is 4.39 Å². The van der Waals surface area contributed by atoms with Crippen LogP contribution in [0.15, 0.2) is 30.5 Å². The van der Waals surface area contributed by atoms with Crippen molar-refractivity contribution in [3.63, 3.8) is 0 Å². The van der Waals surface area contributed by atoms with Gasteiger partial charge in [0, 0.05) is 25.2 Å². The number of aromatic nitrogens is 2. The Morgan fingerprint density at radius 2 is 2.15 bits per heavy atom. The van der Waals surface area contributed by atoms with Gasteiger partial charge in [-0.15, -0.1) is 0 Å². The minimum atomic E-state index is -0.935. The first kappa shape index (κ1) is 18.1. The first-order valence-electron chi connectivity index (χ1n) is 8.70. The summed E-state index contributed by atoms with van der Waals surface area (Å²) in [6.45, 7) is 2.91. The smallest absolute Gasteiger partial charge is 0.325 e. The van der Waals surface area contributed by atoms with Crippen molar-refractivity contribution in [2.24, 2.45) is 0 Å². The topological polar surface area (TPSA) is 75.4 Å². The third-order valence-corrected chi connectivity index (χ3v) is 4.80. The van der Waals surface area contributed by atoms with Crippen LogP contribution in [0.2, 0.25) is 0 Å². The number of carboxylic acids is 1. The highest BCUT2D eigenvalue weighted by atomic mass is 19.1. The zero-order chi connectivity index (χ0) is 18.7. The second kappa shape index (κ2) is 7.68. The molecule has 1 amide bonds. The first-order valence-corrected chi connectivity index (χ1v) is 8.70. The van der Waals surface area contributed by atoms with E-state index in [-0.39, 0.29) is 30.6 Å². The van der Waals surface area contributed by atoms with E-state index < -0.39 is 5.97 Å². The molecule has 1 aromatic carbocycles. The van der Waals surface area contributed by atoms with Crippen molar-refractivity contribution in [3.8, 4) is 0 Å². The maximum absolute atomic E-state index is 13.2. The monoisotopic (exact) mass is 359 g/mol. The van der Waals surface area contributed by atoms with Crippen LogP contribution >= 0.6 is 0 Å². The first-order chi connectivity index (χ1) is 12.4. The van der Waals surface area contributed by atoms with Gasteiger partial charge < -0.3 is 10.0 Å². The van der Waals surface area contributed by atoms with E-state index in [2.05, 4.69) is 5.10 Å². The van der Waals surface area contributed by atoms with E-state index in [1.54, 1.807) is 19.2 Å². The quantitative estimate of drug-likeness (QED) is 0.889. The Morgan fingerprint density at radius 3 is 2.88 bits per heavy atom. The van der Waals surface area contributed by atoms with Crippen LogP contribution in [0.3, 0.4) is 0 Å². The number of aliphatic carboxylic acids is 1. The average molecular weight is 359 g/mol. The Morgan fingerprint density at radius 1 is 1.35 bits per heavy atom. The largest absolute Gasteiger partial charge is 0.480 e. The third kappa shape index (κ3) is 4.28. The molecule has 1 aliphatic heterocycles. The number of halogens is 1. The predicted octanol–water partition coefficient (Wildman–Crippen LogP) is 2.36. The van der Waals surface area contributed by atoms with Crippen molar-refractivity contribution in [1.82, 2.24) is 14.7 Å². The molecule has 3 rings (SSSR count). The van der Waals surface area contributed by atoms with E-state index >= 15 is 0 Å². The maximum atomic E-state index is 13.2. The highest BCUT2D eigenvalue weighted by Crippen LogP contribution is 2.26. The number of nitrogens with zero attached hydrogens (tertiary/aromatic N) is 3. The Hall–Kier alpha value is -2.70. The fraction of sp³-hybridized carbons (Fsp3) is 0.421. The highest BCUT2D eigenvalue weighted by molar-refractivity contribution is 5.79. The summed E-state index contributed by atoms with van der Waals surface area (Å²) in [6, 6.07) is 6.31. The van der Waals surface area contributed by atoms with Crippen LogP contribution < -0.4 is 0 Å². The Kier molecular flexibility index (Phi) is 5.35. The van der Waals surface area contributed by atoms with Crippen molar-refractivity contribution < 1.29 is 19.1 Å². The van der Waals surface area contributed by atoms with Crippen LogP contribution in [0, 0.1) is 12.7 Å². The van der Waals surface area contributed by atoms with Gasteiger partial charge >= 0.3 is 5.97 Å². The molecule has 1 aliphatic rings. The van der Waals surface area contributed by atoms with E-state index in [0.29, 0.717) is 13.1 Å². The number of likely N-dealkylation sites (tertiary alicyclic amines) is 1. The number of aryl methyl sites for hydroxylation is 1. The van der Waals surface area contributed by atoms with E-state index in [1.165, 1.54) is 16.8 Å². The van der Waals surface area contributed by atoms with E-state index in [4.69, 9.17) is 5.11 Å². The summed E-state index contributed by atoms with van der Waals surface area (Å²) in [5.74, 6) is -1.10. The normalized spacial score (nSPS) is 17.3. The highest BCUT2D eigenvalue weighted by Gasteiger charge is 2.26. The number of carboxylic acid groups (broad SMARTS) is 1. The fourth-order valence-electron chi connectivity index (χ4n) is 3.40. The summed E-state index contributed by atoms with van der Waals surface area (Å²) in [4.78, 5) is 25.3. The van der Waals surface area contributed by atoms with Gasteiger partial charge in [-0.2, -0.15) is 5.10 Å². The zero-order valence-electron chi connectivity index (χ0n) is 14.7. The molecule has 2 aromatic rings. The zero-order valence-corrected chi connectivity index (χ0v) is 14.7. The number of carbonyl (C=O) groups excluding carboxylic acids is 1. The van der Waals surface area contributed by atoms with Gasteiger partial charge in [0.15, 0.2) is 0 Å². The molecule has 138 valence electrons. The summed E-state index contributed by atoms with van der Waals surface area (Å²) < 4.78 is 14.6. The van der Waals surface area contributed by atoms with Crippen LogP contribution in [-0.2, 0) is 22.6 Å². The van der Waals surface area contributed by atoms with Gasteiger partial charge in [-0.05, 0) is 49.1 Å². The third-order valence-electron chi connectivity index (χ3n) is 4.80. The molecule has 1 atom stereocenters. The molecule has 7 heteroatoms. The molecule has 6 nitrogen and oxygen atoms in total. The lowest BCUT2D eigenvalue weighted by Crippen LogP contribution is -2.40. The van der Waals surface area contributed by atoms with Crippen molar-refractivity contribution in [2.75, 3.05) is 13.1 Å². The number of benzene rings is 1. The molecule has 1 N–H and O–H groups in total. The number of piperidine rings is 1. The maximum Gasteiger partial charge on any atom is 0.325 e. The molecule has 0 aliphatic carbocycles. The van der Waals surface area contributed by atoms with Gasteiger partial charge in [-0.3, -0.25) is 14.3 Å². The molecule has 1 saturated heterocycles. The van der Waals surface area contributed by atoms with Gasteiger partial charge in [0.2, 0.25) is 5.91 Å². The molecule has 1 aromatic heterocycles. The molecule has 2 heterocycles. The molecule has 0 unspecified atom stereocenters. The van der Waals surface area contributed by atoms with Crippen molar-refractivity contribution in [2.45, 2.75) is 38.6 Å². The molecule has 1 fully saturated rings. The van der Waals surface area contributed by atoms with Crippen LogP contribution in [0.5, 0.6) is 0 Å². The number of hydrogen-bond acceptors (Lipinski definition) is 3. The second-order valence-corrected chi connectivity index (χ2v) is 6.76. The van der Waals surface area contributed by atoms with Crippen LogP contribution in [-0.4, -0.2) is 44.8 Å². The minimum absolute atomic E-state index is 0.0226. The number of carbonyl (C=O) groups is 2. The average Bonchev–Trinajstić information content (AvgIpc) is 3.05. The van der Waals surface area contributed by atoms with Crippen LogP contribution in [0.1, 0.15) is 35.6 Å². The Bertz CT molecular complexity index is 818. The second-order valence-electron chi connectivity index (χ2n) is 6.76. The number of hydrogen-bond donors (Lipinski definition) is 1. The van der Waals surface area contributed by atoms with Crippen LogP contribution in [0.25, 0.3) is 0 Å². The SMILES string of the molecule is Cc1cc(F)ccc1CC(=O)N1CCC[C@@H](c2ccn(CC(=O)O)n2)C1. The number of amides is 1. The molecular formula is C19H22FN3O3. The van der Waals surface area contributed by atoms with Gasteiger partial charge in [-0.25, -0.2) is 4.39 Å². The lowest BCUT2D eigenvalue weighted by atomic mass is 9.94. The van der Waals surface area contributed by atoms with E-state index in [1.807, 2.05) is 11.0 Å². The van der Waals surface area contributed by atoms with Gasteiger partial charge in [0.05, 0.1) is 12.1 Å². The predicted molar refractivity (Wildman–Crippen MR) is 93.3 cm³/mol. The van der Waals surface area contributed by atoms with E-state index in [0.717, 1.165) is 29.7 Å². The minimum Gasteiger partial charge on any atom is -0.480 e. The summed E-state index contributed by atoms with van der Waals surface area (Å²) in [5.41, 5.74) is 2.44. The van der Waals surface area contributed by atoms with Gasteiger partial charge in [0.1, 0.15) is 12.4 Å².